The molecule has 5 heteroatoms. The molecular weight excluding hydrogens is 256 g/mol. The summed E-state index contributed by atoms with van der Waals surface area (Å²) >= 11 is 0. The summed E-state index contributed by atoms with van der Waals surface area (Å²) < 4.78 is 10.6. The van der Waals surface area contributed by atoms with Crippen LogP contribution in [0.1, 0.15) is 31.4 Å². The summed E-state index contributed by atoms with van der Waals surface area (Å²) in [5.74, 6) is 1.60. The normalized spacial score (nSPS) is 20.1. The third-order valence-electron chi connectivity index (χ3n) is 3.66. The summed E-state index contributed by atoms with van der Waals surface area (Å²) in [4.78, 5) is 11.1. The lowest BCUT2D eigenvalue weighted by Gasteiger charge is -2.27. The van der Waals surface area contributed by atoms with Gasteiger partial charge in [0.1, 0.15) is 0 Å². The van der Waals surface area contributed by atoms with Crippen LogP contribution in [0.5, 0.6) is 11.5 Å². The number of carbonyl (C=O) groups is 1. The molecule has 1 heterocycles. The Hall–Kier alpha value is -1.75. The van der Waals surface area contributed by atoms with E-state index in [0.29, 0.717) is 19.0 Å². The van der Waals surface area contributed by atoms with Gasteiger partial charge < -0.3 is 20.1 Å². The Morgan fingerprint density at radius 1 is 1.30 bits per heavy atom. The van der Waals surface area contributed by atoms with Crippen molar-refractivity contribution in [3.8, 4) is 11.5 Å². The van der Waals surface area contributed by atoms with Crippen LogP contribution in [0.15, 0.2) is 18.2 Å². The van der Waals surface area contributed by atoms with E-state index in [9.17, 15) is 4.79 Å². The molecule has 2 rings (SSSR count). The second kappa shape index (κ2) is 6.61. The number of amides is 1. The third-order valence-corrected chi connectivity index (χ3v) is 3.66. The second-order valence-corrected chi connectivity index (χ2v) is 5.04. The molecule has 2 atom stereocenters. The van der Waals surface area contributed by atoms with E-state index in [0.717, 1.165) is 23.5 Å². The summed E-state index contributed by atoms with van der Waals surface area (Å²) in [6.45, 7) is 2.80. The molecule has 1 fully saturated rings. The third kappa shape index (κ3) is 3.42. The van der Waals surface area contributed by atoms with Crippen molar-refractivity contribution in [2.45, 2.75) is 31.8 Å². The van der Waals surface area contributed by atoms with Crippen molar-refractivity contribution < 1.29 is 14.3 Å². The summed E-state index contributed by atoms with van der Waals surface area (Å²) in [5.41, 5.74) is 1.14. The molecular formula is C15H22N2O3. The van der Waals surface area contributed by atoms with E-state index < -0.39 is 0 Å². The number of rotatable bonds is 5. The fraction of sp³-hybridized carbons (Fsp3) is 0.533. The molecule has 0 aliphatic carbocycles. The Morgan fingerprint density at radius 3 is 2.65 bits per heavy atom. The highest BCUT2D eigenvalue weighted by atomic mass is 16.5. The smallest absolute Gasteiger partial charge is 0.220 e. The summed E-state index contributed by atoms with van der Waals surface area (Å²) in [6, 6.07) is 6.43. The Kier molecular flexibility index (Phi) is 4.84. The monoisotopic (exact) mass is 278 g/mol. The first kappa shape index (κ1) is 14.7. The average molecular weight is 278 g/mol. The molecule has 0 spiro atoms. The van der Waals surface area contributed by atoms with Gasteiger partial charge in [0.25, 0.3) is 0 Å². The van der Waals surface area contributed by atoms with Crippen LogP contribution in [0, 0.1) is 0 Å². The topological polar surface area (TPSA) is 59.6 Å². The zero-order chi connectivity index (χ0) is 14.5. The molecule has 110 valence electrons. The molecule has 0 bridgehead atoms. The lowest BCUT2D eigenvalue weighted by Crippen LogP contribution is -2.46. The van der Waals surface area contributed by atoms with Gasteiger partial charge in [-0.2, -0.15) is 0 Å². The van der Waals surface area contributed by atoms with Crippen LogP contribution < -0.4 is 20.1 Å². The summed E-state index contributed by atoms with van der Waals surface area (Å²) in [7, 11) is 3.26. The van der Waals surface area contributed by atoms with Crippen LogP contribution in [0.25, 0.3) is 0 Å². The van der Waals surface area contributed by atoms with E-state index >= 15 is 0 Å². The fourth-order valence-corrected chi connectivity index (χ4v) is 2.45. The lowest BCUT2D eigenvalue weighted by molar-refractivity contribution is -0.122. The molecule has 1 saturated heterocycles. The van der Waals surface area contributed by atoms with Gasteiger partial charge in [0, 0.05) is 25.0 Å². The molecule has 0 saturated carbocycles. The van der Waals surface area contributed by atoms with E-state index in [2.05, 4.69) is 17.6 Å². The molecule has 1 amide bonds. The van der Waals surface area contributed by atoms with Crippen molar-refractivity contribution in [3.05, 3.63) is 23.8 Å². The van der Waals surface area contributed by atoms with E-state index in [4.69, 9.17) is 9.47 Å². The van der Waals surface area contributed by atoms with Crippen molar-refractivity contribution in [2.24, 2.45) is 0 Å². The number of piperidine rings is 1. The van der Waals surface area contributed by atoms with Crippen molar-refractivity contribution >= 4 is 5.91 Å². The first-order valence-corrected chi connectivity index (χ1v) is 6.88. The first-order valence-electron chi connectivity index (χ1n) is 6.88. The number of benzene rings is 1. The molecule has 0 aromatic heterocycles. The van der Waals surface area contributed by atoms with Gasteiger partial charge in [-0.15, -0.1) is 0 Å². The molecule has 2 unspecified atom stereocenters. The van der Waals surface area contributed by atoms with Gasteiger partial charge in [0.05, 0.1) is 14.2 Å². The Bertz CT molecular complexity index is 466. The molecule has 5 nitrogen and oxygen atoms in total. The van der Waals surface area contributed by atoms with Crippen molar-refractivity contribution in [2.75, 3.05) is 20.8 Å². The van der Waals surface area contributed by atoms with Gasteiger partial charge in [0.15, 0.2) is 11.5 Å². The van der Waals surface area contributed by atoms with Gasteiger partial charge in [0.2, 0.25) is 5.91 Å². The fourth-order valence-electron chi connectivity index (χ4n) is 2.45. The number of hydrogen-bond acceptors (Lipinski definition) is 4. The number of nitrogens with one attached hydrogen (secondary N) is 2. The summed E-state index contributed by atoms with van der Waals surface area (Å²) in [6.07, 6.45) is 1.47. The highest BCUT2D eigenvalue weighted by Crippen LogP contribution is 2.30. The van der Waals surface area contributed by atoms with Gasteiger partial charge in [-0.3, -0.25) is 4.79 Å². The maximum atomic E-state index is 11.1. The van der Waals surface area contributed by atoms with Gasteiger partial charge >= 0.3 is 0 Å². The zero-order valence-electron chi connectivity index (χ0n) is 12.2. The van der Waals surface area contributed by atoms with Gasteiger partial charge in [-0.1, -0.05) is 6.07 Å². The van der Waals surface area contributed by atoms with Gasteiger partial charge in [-0.25, -0.2) is 0 Å². The Morgan fingerprint density at radius 2 is 2.05 bits per heavy atom. The average Bonchev–Trinajstić information content (AvgIpc) is 2.48. The molecule has 1 aromatic carbocycles. The minimum Gasteiger partial charge on any atom is -0.493 e. The van der Waals surface area contributed by atoms with E-state index in [-0.39, 0.29) is 11.9 Å². The number of carbonyl (C=O) groups excluding carboxylic acids is 1. The second-order valence-electron chi connectivity index (χ2n) is 5.04. The van der Waals surface area contributed by atoms with Crippen molar-refractivity contribution in [1.82, 2.24) is 10.6 Å². The maximum Gasteiger partial charge on any atom is 0.220 e. The molecule has 20 heavy (non-hydrogen) atoms. The number of hydrogen-bond donors (Lipinski definition) is 2. The predicted octanol–water partition coefficient (Wildman–Crippen LogP) is 1.63. The molecule has 0 radical (unpaired) electrons. The predicted molar refractivity (Wildman–Crippen MR) is 77.1 cm³/mol. The molecule has 2 N–H and O–H groups in total. The van der Waals surface area contributed by atoms with Crippen LogP contribution in [0.3, 0.4) is 0 Å². The first-order chi connectivity index (χ1) is 9.63. The zero-order valence-corrected chi connectivity index (χ0v) is 12.2. The van der Waals surface area contributed by atoms with Crippen LogP contribution in [-0.4, -0.2) is 32.7 Å². The van der Waals surface area contributed by atoms with Crippen molar-refractivity contribution in [3.63, 3.8) is 0 Å². The van der Waals surface area contributed by atoms with Gasteiger partial charge in [-0.05, 0) is 31.0 Å². The Balaban J connectivity index is 2.01. The highest BCUT2D eigenvalue weighted by molar-refractivity contribution is 5.76. The van der Waals surface area contributed by atoms with Crippen LogP contribution in [0.2, 0.25) is 0 Å². The SMILES string of the molecule is COc1ccc(C(C)NC2CCC(=O)NC2)cc1OC. The summed E-state index contributed by atoms with van der Waals surface area (Å²) in [5, 5.41) is 6.42. The molecule has 1 aliphatic heterocycles. The highest BCUT2D eigenvalue weighted by Gasteiger charge is 2.20. The number of methoxy groups -OCH3 is 2. The lowest BCUT2D eigenvalue weighted by atomic mass is 10.0. The Labute approximate surface area is 119 Å². The van der Waals surface area contributed by atoms with Crippen LogP contribution in [0.4, 0.5) is 0 Å². The minimum atomic E-state index is 0.141. The molecule has 1 aliphatic rings. The molecule has 1 aromatic rings. The van der Waals surface area contributed by atoms with Crippen molar-refractivity contribution in [1.29, 1.82) is 0 Å². The van der Waals surface area contributed by atoms with E-state index in [1.165, 1.54) is 0 Å². The largest absolute Gasteiger partial charge is 0.493 e. The quantitative estimate of drug-likeness (QED) is 0.859. The number of ether oxygens (including phenoxy) is 2. The van der Waals surface area contributed by atoms with Crippen LogP contribution >= 0.6 is 0 Å². The minimum absolute atomic E-state index is 0.141. The van der Waals surface area contributed by atoms with E-state index in [1.54, 1.807) is 14.2 Å². The van der Waals surface area contributed by atoms with Crippen LogP contribution in [-0.2, 0) is 4.79 Å². The van der Waals surface area contributed by atoms with E-state index in [1.807, 2.05) is 18.2 Å². The standard InChI is InChI=1S/C15H22N2O3/c1-10(17-12-5-7-15(18)16-9-12)11-4-6-13(19-2)14(8-11)20-3/h4,6,8,10,12,17H,5,7,9H2,1-3H3,(H,16,18). The maximum absolute atomic E-state index is 11.1.